The van der Waals surface area contributed by atoms with Crippen LogP contribution in [0.1, 0.15) is 0 Å². The van der Waals surface area contributed by atoms with E-state index in [4.69, 9.17) is 46.4 Å². The second-order valence-corrected chi connectivity index (χ2v) is 4.55. The highest BCUT2D eigenvalue weighted by molar-refractivity contribution is 6.47. The number of pyridine rings is 2. The summed E-state index contributed by atoms with van der Waals surface area (Å²) in [5.41, 5.74) is -0.0708. The zero-order valence-electron chi connectivity index (χ0n) is 8.12. The van der Waals surface area contributed by atoms with Crippen molar-refractivity contribution in [2.24, 2.45) is 0 Å². The molecule has 0 spiro atoms. The van der Waals surface area contributed by atoms with E-state index < -0.39 is 0 Å². The molecule has 3 nitrogen and oxygen atoms in total. The average Bonchev–Trinajstić information content (AvgIpc) is 2.29. The van der Waals surface area contributed by atoms with E-state index in [1.54, 1.807) is 12.1 Å². The lowest BCUT2D eigenvalue weighted by Gasteiger charge is -2.11. The normalized spacial score (nSPS) is 10.6. The predicted octanol–water partition coefficient (Wildman–Crippen LogP) is 3.85. The van der Waals surface area contributed by atoms with E-state index in [9.17, 15) is 4.79 Å². The number of nitrogens with zero attached hydrogens (tertiary/aromatic N) is 2. The molecule has 0 radical (unpaired) electrons. The third-order valence-corrected chi connectivity index (χ3v) is 3.49. The number of hydrogen-bond donors (Lipinski definition) is 0. The van der Waals surface area contributed by atoms with Crippen LogP contribution in [0.25, 0.3) is 5.69 Å². The van der Waals surface area contributed by atoms with Crippen LogP contribution in [0, 0.1) is 0 Å². The first-order valence-electron chi connectivity index (χ1n) is 4.40. The Morgan fingerprint density at radius 2 is 1.59 bits per heavy atom. The van der Waals surface area contributed by atoms with Crippen molar-refractivity contribution in [2.75, 3.05) is 0 Å². The van der Waals surface area contributed by atoms with Gasteiger partial charge in [0.05, 0.1) is 5.69 Å². The number of hydrogen-bond acceptors (Lipinski definition) is 2. The van der Waals surface area contributed by atoms with E-state index in [-0.39, 0.29) is 31.6 Å². The molecule has 88 valence electrons. The molecular formula is C10H4Cl4N2O. The molecule has 2 aromatic heterocycles. The Balaban J connectivity index is 2.85. The molecule has 0 atom stereocenters. The van der Waals surface area contributed by atoms with Crippen molar-refractivity contribution in [1.29, 1.82) is 0 Å². The predicted molar refractivity (Wildman–Crippen MR) is 69.9 cm³/mol. The zero-order chi connectivity index (χ0) is 12.6. The van der Waals surface area contributed by atoms with Gasteiger partial charge in [-0.3, -0.25) is 9.36 Å². The van der Waals surface area contributed by atoms with Crippen LogP contribution < -0.4 is 5.56 Å². The quantitative estimate of drug-likeness (QED) is 0.750. The second kappa shape index (κ2) is 4.86. The molecule has 0 saturated carbocycles. The Kier molecular flexibility index (Phi) is 3.64. The van der Waals surface area contributed by atoms with Crippen molar-refractivity contribution >= 4 is 46.4 Å². The van der Waals surface area contributed by atoms with Crippen LogP contribution in [0.15, 0.2) is 29.2 Å². The summed E-state index contributed by atoms with van der Waals surface area (Å²) in [5.74, 6) is 0. The van der Waals surface area contributed by atoms with Gasteiger partial charge in [0.1, 0.15) is 10.0 Å². The Bertz CT molecular complexity index is 612. The molecule has 0 fully saturated rings. The van der Waals surface area contributed by atoms with Crippen molar-refractivity contribution < 1.29 is 0 Å². The average molecular weight is 310 g/mol. The molecule has 17 heavy (non-hydrogen) atoms. The highest BCUT2D eigenvalue weighted by atomic mass is 35.5. The maximum atomic E-state index is 11.7. The highest BCUT2D eigenvalue weighted by Gasteiger charge is 2.17. The number of aromatic nitrogens is 2. The van der Waals surface area contributed by atoms with Gasteiger partial charge in [-0.15, -0.1) is 0 Å². The van der Waals surface area contributed by atoms with Crippen LogP contribution in [0.3, 0.4) is 0 Å². The van der Waals surface area contributed by atoms with E-state index in [1.165, 1.54) is 16.8 Å². The largest absolute Gasteiger partial charge is 0.281 e. The zero-order valence-corrected chi connectivity index (χ0v) is 11.1. The molecule has 2 aromatic rings. The first-order valence-corrected chi connectivity index (χ1v) is 5.91. The van der Waals surface area contributed by atoms with Gasteiger partial charge < -0.3 is 0 Å². The minimum absolute atomic E-state index is 0.00757. The SMILES string of the molecule is O=c1ccccn1-c1c(Cl)c(Cl)nc(Cl)c1Cl. The van der Waals surface area contributed by atoms with E-state index in [1.807, 2.05) is 0 Å². The van der Waals surface area contributed by atoms with Gasteiger partial charge in [0, 0.05) is 12.3 Å². The van der Waals surface area contributed by atoms with Crippen molar-refractivity contribution in [3.63, 3.8) is 0 Å². The summed E-state index contributed by atoms with van der Waals surface area (Å²) in [4.78, 5) is 15.4. The number of rotatable bonds is 1. The molecule has 2 heterocycles. The molecule has 7 heteroatoms. The van der Waals surface area contributed by atoms with Crippen LogP contribution in [-0.2, 0) is 0 Å². The van der Waals surface area contributed by atoms with Gasteiger partial charge in [0.15, 0.2) is 10.3 Å². The van der Waals surface area contributed by atoms with Crippen LogP contribution in [0.5, 0.6) is 0 Å². The minimum Gasteiger partial charge on any atom is -0.281 e. The Morgan fingerprint density at radius 1 is 1.00 bits per heavy atom. The van der Waals surface area contributed by atoms with Gasteiger partial charge in [-0.25, -0.2) is 4.98 Å². The fourth-order valence-corrected chi connectivity index (χ4v) is 2.19. The third-order valence-electron chi connectivity index (χ3n) is 2.04. The second-order valence-electron chi connectivity index (χ2n) is 3.08. The molecule has 0 N–H and O–H groups in total. The van der Waals surface area contributed by atoms with E-state index in [0.717, 1.165) is 0 Å². The summed E-state index contributed by atoms with van der Waals surface area (Å²) in [7, 11) is 0. The minimum atomic E-state index is -0.297. The number of halogens is 4. The third kappa shape index (κ3) is 2.29. The molecule has 0 aromatic carbocycles. The molecule has 0 unspecified atom stereocenters. The maximum Gasteiger partial charge on any atom is 0.255 e. The summed E-state index contributed by atoms with van der Waals surface area (Å²) in [5, 5.41) is 0.141. The van der Waals surface area contributed by atoms with Gasteiger partial charge in [0.2, 0.25) is 0 Å². The molecule has 0 amide bonds. The van der Waals surface area contributed by atoms with Gasteiger partial charge in [-0.1, -0.05) is 52.5 Å². The lowest BCUT2D eigenvalue weighted by atomic mass is 10.3. The van der Waals surface area contributed by atoms with Gasteiger partial charge in [-0.05, 0) is 6.07 Å². The monoisotopic (exact) mass is 308 g/mol. The first-order chi connectivity index (χ1) is 8.02. The highest BCUT2D eigenvalue weighted by Crippen LogP contribution is 2.36. The maximum absolute atomic E-state index is 11.7. The van der Waals surface area contributed by atoms with Crippen LogP contribution in [0.2, 0.25) is 20.4 Å². The van der Waals surface area contributed by atoms with E-state index in [2.05, 4.69) is 4.98 Å². The first kappa shape index (κ1) is 12.7. The van der Waals surface area contributed by atoms with E-state index in [0.29, 0.717) is 0 Å². The van der Waals surface area contributed by atoms with Crippen LogP contribution in [-0.4, -0.2) is 9.55 Å². The molecule has 0 aliphatic rings. The van der Waals surface area contributed by atoms with Crippen molar-refractivity contribution in [3.05, 3.63) is 55.1 Å². The fraction of sp³-hybridized carbons (Fsp3) is 0. The summed E-state index contributed by atoms with van der Waals surface area (Å²) >= 11 is 23.5. The van der Waals surface area contributed by atoms with Gasteiger partial charge >= 0.3 is 0 Å². The Morgan fingerprint density at radius 3 is 2.12 bits per heavy atom. The molecule has 0 aliphatic carbocycles. The van der Waals surface area contributed by atoms with Crippen molar-refractivity contribution in [3.8, 4) is 5.69 Å². The Labute approximate surface area is 117 Å². The standard InChI is InChI=1S/C10H4Cl4N2O/c11-6-8(7(12)10(14)15-9(6)13)16-4-2-1-3-5(16)17/h1-4H. The molecule has 0 bridgehead atoms. The Hall–Kier alpha value is -0.740. The summed E-state index contributed by atoms with van der Waals surface area (Å²) < 4.78 is 1.25. The van der Waals surface area contributed by atoms with Gasteiger partial charge in [0.25, 0.3) is 5.56 Å². The molecule has 2 rings (SSSR count). The lowest BCUT2D eigenvalue weighted by Crippen LogP contribution is -2.16. The molecular weight excluding hydrogens is 306 g/mol. The summed E-state index contributed by atoms with van der Waals surface area (Å²) in [6, 6.07) is 4.64. The fourth-order valence-electron chi connectivity index (χ4n) is 1.30. The van der Waals surface area contributed by atoms with Gasteiger partial charge in [-0.2, -0.15) is 0 Å². The van der Waals surface area contributed by atoms with E-state index >= 15 is 0 Å². The molecule has 0 saturated heterocycles. The molecule has 0 aliphatic heterocycles. The topological polar surface area (TPSA) is 34.9 Å². The van der Waals surface area contributed by atoms with Crippen molar-refractivity contribution in [2.45, 2.75) is 0 Å². The van der Waals surface area contributed by atoms with Crippen LogP contribution >= 0.6 is 46.4 Å². The van der Waals surface area contributed by atoms with Crippen LogP contribution in [0.4, 0.5) is 0 Å². The smallest absolute Gasteiger partial charge is 0.255 e. The summed E-state index contributed by atoms with van der Waals surface area (Å²) in [6.45, 7) is 0. The summed E-state index contributed by atoms with van der Waals surface area (Å²) in [6.07, 6.45) is 1.52. The van der Waals surface area contributed by atoms with Crippen molar-refractivity contribution in [1.82, 2.24) is 9.55 Å². The lowest BCUT2D eigenvalue weighted by molar-refractivity contribution is 0.985.